The Kier molecular flexibility index (Phi) is 7.08. The molecule has 0 aliphatic carbocycles. The molecule has 0 aromatic heterocycles. The lowest BCUT2D eigenvalue weighted by molar-refractivity contribution is -0.137. The van der Waals surface area contributed by atoms with Crippen molar-refractivity contribution in [1.82, 2.24) is 0 Å². The molecule has 124 valence electrons. The van der Waals surface area contributed by atoms with Gasteiger partial charge in [-0.05, 0) is 24.7 Å². The predicted octanol–water partition coefficient (Wildman–Crippen LogP) is 4.14. The molecule has 1 unspecified atom stereocenters. The van der Waals surface area contributed by atoms with E-state index in [9.17, 15) is 13.2 Å². The highest BCUT2D eigenvalue weighted by atomic mass is 28.2. The summed E-state index contributed by atoms with van der Waals surface area (Å²) in [5.74, 6) is 2.05. The SMILES string of the molecule is C#CC(c1cccc(C(F)(F)F)c1)C(C)(C)C(O[Si]C)O[Si]C. The first-order valence-corrected chi connectivity index (χ1v) is 9.78. The van der Waals surface area contributed by atoms with Gasteiger partial charge in [-0.3, -0.25) is 0 Å². The maximum absolute atomic E-state index is 12.9. The standard InChI is InChI=1S/C16H19F3O2Si2/c1-6-13(15(2,3)14(20-22-4)21-23-5)11-8-7-9-12(10-11)16(17,18)19/h1,7-10,13-14H,2-5H3. The number of terminal acetylenes is 1. The third-order valence-corrected chi connectivity index (χ3v) is 4.41. The van der Waals surface area contributed by atoms with Gasteiger partial charge in [0.15, 0.2) is 0 Å². The van der Waals surface area contributed by atoms with Crippen molar-refractivity contribution in [2.24, 2.45) is 5.41 Å². The van der Waals surface area contributed by atoms with Gasteiger partial charge in [-0.15, -0.1) is 6.42 Å². The predicted molar refractivity (Wildman–Crippen MR) is 86.0 cm³/mol. The van der Waals surface area contributed by atoms with Crippen LogP contribution >= 0.6 is 0 Å². The Balaban J connectivity index is 3.23. The molecule has 0 aliphatic heterocycles. The molecule has 4 radical (unpaired) electrons. The Morgan fingerprint density at radius 2 is 1.70 bits per heavy atom. The number of alkyl halides is 3. The van der Waals surface area contributed by atoms with Gasteiger partial charge >= 0.3 is 6.18 Å². The van der Waals surface area contributed by atoms with Crippen LogP contribution in [0.15, 0.2) is 24.3 Å². The fraction of sp³-hybridized carbons (Fsp3) is 0.500. The van der Waals surface area contributed by atoms with Crippen LogP contribution in [0.2, 0.25) is 13.1 Å². The number of rotatable bonds is 7. The summed E-state index contributed by atoms with van der Waals surface area (Å²) in [6, 6.07) is 5.13. The molecule has 2 nitrogen and oxygen atoms in total. The van der Waals surface area contributed by atoms with Crippen LogP contribution in [0.5, 0.6) is 0 Å². The molecule has 1 rings (SSSR count). The summed E-state index contributed by atoms with van der Waals surface area (Å²) in [4.78, 5) is 0. The lowest BCUT2D eigenvalue weighted by Gasteiger charge is -2.38. The topological polar surface area (TPSA) is 18.5 Å². The lowest BCUT2D eigenvalue weighted by atomic mass is 9.74. The van der Waals surface area contributed by atoms with E-state index < -0.39 is 29.4 Å². The van der Waals surface area contributed by atoms with Crippen molar-refractivity contribution >= 4 is 19.5 Å². The van der Waals surface area contributed by atoms with Gasteiger partial charge in [0, 0.05) is 5.41 Å². The van der Waals surface area contributed by atoms with Gasteiger partial charge in [0.2, 0.25) is 19.5 Å². The maximum Gasteiger partial charge on any atom is 0.416 e. The normalized spacial score (nSPS) is 13.9. The molecule has 0 saturated heterocycles. The van der Waals surface area contributed by atoms with Crippen molar-refractivity contribution in [3.05, 3.63) is 35.4 Å². The average molecular weight is 356 g/mol. The van der Waals surface area contributed by atoms with Crippen molar-refractivity contribution in [2.75, 3.05) is 0 Å². The third-order valence-electron chi connectivity index (χ3n) is 3.52. The summed E-state index contributed by atoms with van der Waals surface area (Å²) in [6.07, 6.45) is 0.662. The molecule has 0 aliphatic rings. The van der Waals surface area contributed by atoms with Gasteiger partial charge in [-0.2, -0.15) is 13.2 Å². The van der Waals surface area contributed by atoms with Crippen molar-refractivity contribution in [1.29, 1.82) is 0 Å². The molecular weight excluding hydrogens is 337 g/mol. The van der Waals surface area contributed by atoms with Crippen LogP contribution < -0.4 is 0 Å². The van der Waals surface area contributed by atoms with E-state index in [-0.39, 0.29) is 19.5 Å². The summed E-state index contributed by atoms with van der Waals surface area (Å²) in [5.41, 5.74) is -0.951. The zero-order chi connectivity index (χ0) is 17.7. The van der Waals surface area contributed by atoms with Crippen LogP contribution in [0.3, 0.4) is 0 Å². The van der Waals surface area contributed by atoms with Crippen LogP contribution in [-0.4, -0.2) is 25.8 Å². The Morgan fingerprint density at radius 1 is 1.13 bits per heavy atom. The van der Waals surface area contributed by atoms with E-state index in [1.54, 1.807) is 6.07 Å². The summed E-state index contributed by atoms with van der Waals surface area (Å²) in [5, 5.41) is 0. The fourth-order valence-corrected chi connectivity index (χ4v) is 3.54. The molecule has 23 heavy (non-hydrogen) atoms. The number of hydrogen-bond donors (Lipinski definition) is 0. The van der Waals surface area contributed by atoms with E-state index in [0.717, 1.165) is 12.1 Å². The second-order valence-electron chi connectivity index (χ2n) is 5.52. The van der Waals surface area contributed by atoms with Crippen molar-refractivity contribution in [3.8, 4) is 12.3 Å². The van der Waals surface area contributed by atoms with Gasteiger partial charge < -0.3 is 8.85 Å². The van der Waals surface area contributed by atoms with Crippen molar-refractivity contribution in [2.45, 2.75) is 45.3 Å². The number of hydrogen-bond acceptors (Lipinski definition) is 2. The molecule has 0 heterocycles. The third kappa shape index (κ3) is 4.95. The minimum absolute atomic E-state index is 0.193. The molecular formula is C16H19F3O2Si2. The molecule has 0 amide bonds. The molecule has 0 N–H and O–H groups in total. The molecule has 0 fully saturated rings. The molecule has 7 heteroatoms. The van der Waals surface area contributed by atoms with E-state index in [4.69, 9.17) is 15.3 Å². The van der Waals surface area contributed by atoms with Crippen LogP contribution in [-0.2, 0) is 15.0 Å². The smallest absolute Gasteiger partial charge is 0.394 e. The lowest BCUT2D eigenvalue weighted by Crippen LogP contribution is -2.40. The average Bonchev–Trinajstić information content (AvgIpc) is 2.47. The summed E-state index contributed by atoms with van der Waals surface area (Å²) in [6.45, 7) is 7.42. The molecule has 1 aromatic carbocycles. The molecule has 0 saturated carbocycles. The Bertz CT molecular complexity index is 547. The summed E-state index contributed by atoms with van der Waals surface area (Å²) in [7, 11) is 0.385. The number of benzene rings is 1. The quantitative estimate of drug-likeness (QED) is 0.415. The minimum atomic E-state index is -4.40. The fourth-order valence-electron chi connectivity index (χ4n) is 2.31. The highest BCUT2D eigenvalue weighted by molar-refractivity contribution is 6.26. The molecule has 0 bridgehead atoms. The van der Waals surface area contributed by atoms with Crippen molar-refractivity contribution < 1.29 is 22.0 Å². The maximum atomic E-state index is 12.9. The first-order chi connectivity index (χ1) is 10.7. The number of halogens is 3. The van der Waals surface area contributed by atoms with Crippen LogP contribution in [0.4, 0.5) is 13.2 Å². The zero-order valence-electron chi connectivity index (χ0n) is 13.5. The Hall–Kier alpha value is -1.08. The van der Waals surface area contributed by atoms with E-state index >= 15 is 0 Å². The van der Waals surface area contributed by atoms with Crippen molar-refractivity contribution in [3.63, 3.8) is 0 Å². The van der Waals surface area contributed by atoms with Gasteiger partial charge in [0.05, 0.1) is 11.5 Å². The highest BCUT2D eigenvalue weighted by Crippen LogP contribution is 2.41. The summed E-state index contributed by atoms with van der Waals surface area (Å²) >= 11 is 0. The zero-order valence-corrected chi connectivity index (χ0v) is 15.5. The van der Waals surface area contributed by atoms with Gasteiger partial charge in [-0.1, -0.05) is 38.0 Å². The van der Waals surface area contributed by atoms with Crippen LogP contribution in [0.25, 0.3) is 0 Å². The minimum Gasteiger partial charge on any atom is -0.394 e. The van der Waals surface area contributed by atoms with E-state index in [2.05, 4.69) is 5.92 Å². The Labute approximate surface area is 140 Å². The largest absolute Gasteiger partial charge is 0.416 e. The van der Waals surface area contributed by atoms with Crippen LogP contribution in [0, 0.1) is 17.8 Å². The van der Waals surface area contributed by atoms with Crippen LogP contribution in [0.1, 0.15) is 30.9 Å². The highest BCUT2D eigenvalue weighted by Gasteiger charge is 2.39. The second kappa shape index (κ2) is 8.15. The van der Waals surface area contributed by atoms with Gasteiger partial charge in [-0.25, -0.2) is 0 Å². The van der Waals surface area contributed by atoms with E-state index in [1.807, 2.05) is 26.9 Å². The van der Waals surface area contributed by atoms with E-state index in [1.165, 1.54) is 6.07 Å². The summed E-state index contributed by atoms with van der Waals surface area (Å²) < 4.78 is 50.1. The first kappa shape index (κ1) is 20.0. The molecule has 1 aromatic rings. The molecule has 1 atom stereocenters. The van der Waals surface area contributed by atoms with E-state index in [0.29, 0.717) is 5.56 Å². The molecule has 0 spiro atoms. The first-order valence-electron chi connectivity index (χ1n) is 6.96. The van der Waals surface area contributed by atoms with Gasteiger partial charge in [0.25, 0.3) is 0 Å². The Morgan fingerprint density at radius 3 is 2.13 bits per heavy atom. The monoisotopic (exact) mass is 356 g/mol. The van der Waals surface area contributed by atoms with Gasteiger partial charge in [0.1, 0.15) is 6.29 Å². The second-order valence-corrected chi connectivity index (χ2v) is 6.81.